The molecule has 0 aliphatic rings. The number of hydrogen-bond donors (Lipinski definition) is 1. The quantitative estimate of drug-likeness (QED) is 0.889. The molecule has 2 aromatic rings. The van der Waals surface area contributed by atoms with Gasteiger partial charge in [0, 0.05) is 17.8 Å². The maximum Gasteiger partial charge on any atom is 0.0835 e. The Labute approximate surface area is 99.8 Å². The van der Waals surface area contributed by atoms with Gasteiger partial charge in [0.1, 0.15) is 0 Å². The number of nitrogens with zero attached hydrogens (tertiary/aromatic N) is 2. The van der Waals surface area contributed by atoms with Crippen LogP contribution in [0.5, 0.6) is 0 Å². The molecule has 1 heterocycles. The van der Waals surface area contributed by atoms with E-state index >= 15 is 0 Å². The molecule has 4 heteroatoms. The number of aromatic nitrogens is 2. The van der Waals surface area contributed by atoms with Gasteiger partial charge in [-0.05, 0) is 18.6 Å². The molecular formula is C12H14ClN3. The number of rotatable bonds is 3. The van der Waals surface area contributed by atoms with Crippen molar-refractivity contribution < 1.29 is 0 Å². The van der Waals surface area contributed by atoms with Crippen molar-refractivity contribution in [3.63, 3.8) is 0 Å². The van der Waals surface area contributed by atoms with E-state index in [1.165, 1.54) is 0 Å². The molecule has 3 nitrogen and oxygen atoms in total. The van der Waals surface area contributed by atoms with Crippen molar-refractivity contribution in [1.82, 2.24) is 9.78 Å². The largest absolute Gasteiger partial charge is 0.326 e. The van der Waals surface area contributed by atoms with Gasteiger partial charge in [0.15, 0.2) is 0 Å². The Morgan fingerprint density at radius 1 is 1.38 bits per heavy atom. The molecule has 0 amide bonds. The molecule has 0 spiro atoms. The van der Waals surface area contributed by atoms with Crippen molar-refractivity contribution in [2.24, 2.45) is 5.73 Å². The third-order valence-corrected chi connectivity index (χ3v) is 2.91. The molecule has 16 heavy (non-hydrogen) atoms. The predicted molar refractivity (Wildman–Crippen MR) is 65.8 cm³/mol. The second kappa shape index (κ2) is 4.68. The van der Waals surface area contributed by atoms with Crippen molar-refractivity contribution in [3.8, 4) is 5.69 Å². The van der Waals surface area contributed by atoms with E-state index < -0.39 is 0 Å². The molecule has 0 saturated heterocycles. The molecule has 0 aliphatic heterocycles. The smallest absolute Gasteiger partial charge is 0.0835 e. The summed E-state index contributed by atoms with van der Waals surface area (Å²) in [5.74, 6) is 0. The Balaban J connectivity index is 2.56. The third-order valence-electron chi connectivity index (χ3n) is 2.59. The highest BCUT2D eigenvalue weighted by Gasteiger charge is 2.11. The molecule has 2 N–H and O–H groups in total. The highest BCUT2D eigenvalue weighted by atomic mass is 35.5. The van der Waals surface area contributed by atoms with Gasteiger partial charge in [-0.2, -0.15) is 5.10 Å². The standard InChI is InChI=1S/C12H14ClN3/c1-2-11-9(7-14)8-15-16(11)12-6-4-3-5-10(12)13/h3-6,8H,2,7,14H2,1H3. The van der Waals surface area contributed by atoms with Gasteiger partial charge in [-0.1, -0.05) is 30.7 Å². The van der Waals surface area contributed by atoms with Crippen LogP contribution >= 0.6 is 11.6 Å². The highest BCUT2D eigenvalue weighted by molar-refractivity contribution is 6.32. The van der Waals surface area contributed by atoms with Gasteiger partial charge in [-0.3, -0.25) is 0 Å². The summed E-state index contributed by atoms with van der Waals surface area (Å²) in [4.78, 5) is 0. The van der Waals surface area contributed by atoms with Crippen LogP contribution in [0.25, 0.3) is 5.69 Å². The summed E-state index contributed by atoms with van der Waals surface area (Å²) in [6.07, 6.45) is 2.69. The minimum atomic E-state index is 0.508. The van der Waals surface area contributed by atoms with Crippen molar-refractivity contribution >= 4 is 11.6 Å². The van der Waals surface area contributed by atoms with Crippen LogP contribution in [0, 0.1) is 0 Å². The van der Waals surface area contributed by atoms with E-state index in [0.29, 0.717) is 11.6 Å². The van der Waals surface area contributed by atoms with Crippen LogP contribution in [0.3, 0.4) is 0 Å². The molecule has 1 aromatic heterocycles. The zero-order chi connectivity index (χ0) is 11.5. The normalized spacial score (nSPS) is 10.7. The van der Waals surface area contributed by atoms with E-state index in [-0.39, 0.29) is 0 Å². The summed E-state index contributed by atoms with van der Waals surface area (Å²) < 4.78 is 1.87. The molecule has 2 rings (SSSR count). The molecular weight excluding hydrogens is 222 g/mol. The Bertz CT molecular complexity index is 491. The van der Waals surface area contributed by atoms with Crippen LogP contribution in [0.1, 0.15) is 18.2 Å². The molecule has 1 aromatic carbocycles. The van der Waals surface area contributed by atoms with Gasteiger partial charge in [0.25, 0.3) is 0 Å². The van der Waals surface area contributed by atoms with E-state index in [9.17, 15) is 0 Å². The van der Waals surface area contributed by atoms with Crippen LogP contribution < -0.4 is 5.73 Å². The third kappa shape index (κ3) is 1.84. The lowest BCUT2D eigenvalue weighted by atomic mass is 10.2. The second-order valence-electron chi connectivity index (χ2n) is 3.54. The number of hydrogen-bond acceptors (Lipinski definition) is 2. The zero-order valence-corrected chi connectivity index (χ0v) is 9.91. The number of para-hydroxylation sites is 1. The lowest BCUT2D eigenvalue weighted by Gasteiger charge is -2.08. The molecule has 0 aliphatic carbocycles. The summed E-state index contributed by atoms with van der Waals surface area (Å²) in [6.45, 7) is 2.59. The maximum absolute atomic E-state index is 6.15. The first kappa shape index (κ1) is 11.2. The predicted octanol–water partition coefficient (Wildman–Crippen LogP) is 2.55. The SMILES string of the molecule is CCc1c(CN)cnn1-c1ccccc1Cl. The molecule has 0 fully saturated rings. The minimum absolute atomic E-state index is 0.508. The molecule has 84 valence electrons. The molecule has 0 bridgehead atoms. The molecule has 0 saturated carbocycles. The lowest BCUT2D eigenvalue weighted by Crippen LogP contribution is -2.05. The Kier molecular flexibility index (Phi) is 3.27. The fraction of sp³-hybridized carbons (Fsp3) is 0.250. The van der Waals surface area contributed by atoms with E-state index in [0.717, 1.165) is 23.4 Å². The average Bonchev–Trinajstić information content (AvgIpc) is 2.72. The van der Waals surface area contributed by atoms with E-state index in [1.807, 2.05) is 35.1 Å². The van der Waals surface area contributed by atoms with Gasteiger partial charge in [0.2, 0.25) is 0 Å². The zero-order valence-electron chi connectivity index (χ0n) is 9.15. The van der Waals surface area contributed by atoms with Crippen molar-refractivity contribution in [2.45, 2.75) is 19.9 Å². The summed E-state index contributed by atoms with van der Waals surface area (Å²) in [7, 11) is 0. The van der Waals surface area contributed by atoms with E-state index in [1.54, 1.807) is 0 Å². The lowest BCUT2D eigenvalue weighted by molar-refractivity contribution is 0.807. The first-order valence-electron chi connectivity index (χ1n) is 5.28. The van der Waals surface area contributed by atoms with Crippen LogP contribution in [0.2, 0.25) is 5.02 Å². The van der Waals surface area contributed by atoms with Gasteiger partial charge in [0.05, 0.1) is 16.9 Å². The summed E-state index contributed by atoms with van der Waals surface area (Å²) >= 11 is 6.15. The summed E-state index contributed by atoms with van der Waals surface area (Å²) in [5.41, 5.74) is 8.77. The highest BCUT2D eigenvalue weighted by Crippen LogP contribution is 2.22. The van der Waals surface area contributed by atoms with Crippen LogP contribution in [-0.4, -0.2) is 9.78 Å². The minimum Gasteiger partial charge on any atom is -0.326 e. The number of nitrogens with two attached hydrogens (primary N) is 1. The maximum atomic E-state index is 6.15. The van der Waals surface area contributed by atoms with Crippen molar-refractivity contribution in [1.29, 1.82) is 0 Å². The van der Waals surface area contributed by atoms with Gasteiger partial charge >= 0.3 is 0 Å². The van der Waals surface area contributed by atoms with E-state index in [2.05, 4.69) is 12.0 Å². The summed E-state index contributed by atoms with van der Waals surface area (Å²) in [6, 6.07) is 7.67. The van der Waals surface area contributed by atoms with Gasteiger partial charge < -0.3 is 5.73 Å². The Morgan fingerprint density at radius 3 is 2.75 bits per heavy atom. The molecule has 0 atom stereocenters. The van der Waals surface area contributed by atoms with Crippen LogP contribution in [-0.2, 0) is 13.0 Å². The fourth-order valence-corrected chi connectivity index (χ4v) is 2.00. The van der Waals surface area contributed by atoms with Crippen LogP contribution in [0.4, 0.5) is 0 Å². The van der Waals surface area contributed by atoms with Crippen molar-refractivity contribution in [2.75, 3.05) is 0 Å². The van der Waals surface area contributed by atoms with E-state index in [4.69, 9.17) is 17.3 Å². The first-order valence-corrected chi connectivity index (χ1v) is 5.66. The Morgan fingerprint density at radius 2 is 2.12 bits per heavy atom. The van der Waals surface area contributed by atoms with Crippen molar-refractivity contribution in [3.05, 3.63) is 46.7 Å². The Hall–Kier alpha value is -1.32. The average molecular weight is 236 g/mol. The first-order chi connectivity index (χ1) is 7.77. The number of benzene rings is 1. The van der Waals surface area contributed by atoms with Gasteiger partial charge in [-0.25, -0.2) is 4.68 Å². The molecule has 0 unspecified atom stereocenters. The second-order valence-corrected chi connectivity index (χ2v) is 3.94. The monoisotopic (exact) mass is 235 g/mol. The van der Waals surface area contributed by atoms with Gasteiger partial charge in [-0.15, -0.1) is 0 Å². The topological polar surface area (TPSA) is 43.8 Å². The van der Waals surface area contributed by atoms with Crippen LogP contribution in [0.15, 0.2) is 30.5 Å². The fourth-order valence-electron chi connectivity index (χ4n) is 1.79. The number of halogens is 1. The molecule has 0 radical (unpaired) electrons. The summed E-state index contributed by atoms with van der Waals surface area (Å²) in [5, 5.41) is 5.04.